The monoisotopic (exact) mass is 372 g/mol. The highest BCUT2D eigenvalue weighted by atomic mass is 16.5. The number of Topliss-reactive ketones (excluding diaryl/α,β-unsaturated/α-hetero) is 1. The summed E-state index contributed by atoms with van der Waals surface area (Å²) in [7, 11) is 3.53. The summed E-state index contributed by atoms with van der Waals surface area (Å²) in [6.07, 6.45) is 0. The number of ether oxygens (including phenoxy) is 2. The molecule has 1 unspecified atom stereocenters. The SMILES string of the molecule is CCOC(=O)c1c(C)[nH]c(C(=O)C(C)N(C)Cc2ccccc2OC)c1C. The number of esters is 1. The zero-order valence-electron chi connectivity index (χ0n) is 16.9. The van der Waals surface area contributed by atoms with E-state index in [-0.39, 0.29) is 11.8 Å². The molecular weight excluding hydrogens is 344 g/mol. The highest BCUT2D eigenvalue weighted by molar-refractivity contribution is 6.03. The van der Waals surface area contributed by atoms with Gasteiger partial charge >= 0.3 is 5.97 Å². The summed E-state index contributed by atoms with van der Waals surface area (Å²) in [6.45, 7) is 8.04. The number of H-pyrrole nitrogens is 1. The van der Waals surface area contributed by atoms with Crippen LogP contribution in [-0.2, 0) is 11.3 Å². The van der Waals surface area contributed by atoms with Crippen molar-refractivity contribution < 1.29 is 19.1 Å². The molecule has 6 heteroatoms. The van der Waals surface area contributed by atoms with E-state index in [0.717, 1.165) is 11.3 Å². The number of para-hydroxylation sites is 1. The summed E-state index contributed by atoms with van der Waals surface area (Å²) in [5.74, 6) is 0.321. The Balaban J connectivity index is 2.22. The number of aromatic nitrogens is 1. The Morgan fingerprint density at radius 2 is 1.89 bits per heavy atom. The summed E-state index contributed by atoms with van der Waals surface area (Å²) in [4.78, 5) is 30.2. The Kier molecular flexibility index (Phi) is 6.80. The van der Waals surface area contributed by atoms with Gasteiger partial charge < -0.3 is 14.5 Å². The lowest BCUT2D eigenvalue weighted by atomic mass is 10.0. The smallest absolute Gasteiger partial charge is 0.340 e. The Morgan fingerprint density at radius 1 is 1.22 bits per heavy atom. The molecule has 1 heterocycles. The van der Waals surface area contributed by atoms with Crippen molar-refractivity contribution >= 4 is 11.8 Å². The van der Waals surface area contributed by atoms with E-state index >= 15 is 0 Å². The minimum Gasteiger partial charge on any atom is -0.496 e. The molecule has 2 aromatic rings. The van der Waals surface area contributed by atoms with E-state index in [1.54, 1.807) is 27.9 Å². The van der Waals surface area contributed by atoms with Crippen LogP contribution in [0.3, 0.4) is 0 Å². The molecule has 0 bridgehead atoms. The fourth-order valence-electron chi connectivity index (χ4n) is 3.15. The number of aryl methyl sites for hydroxylation is 1. The van der Waals surface area contributed by atoms with Crippen molar-refractivity contribution in [1.29, 1.82) is 0 Å². The molecule has 1 N–H and O–H groups in total. The molecule has 0 radical (unpaired) electrons. The van der Waals surface area contributed by atoms with Gasteiger partial charge in [-0.3, -0.25) is 9.69 Å². The Hall–Kier alpha value is -2.60. The van der Waals surface area contributed by atoms with Gasteiger partial charge in [0.05, 0.1) is 31.0 Å². The molecule has 0 spiro atoms. The van der Waals surface area contributed by atoms with Crippen LogP contribution in [0.25, 0.3) is 0 Å². The Labute approximate surface area is 160 Å². The lowest BCUT2D eigenvalue weighted by Gasteiger charge is -2.24. The highest BCUT2D eigenvalue weighted by Gasteiger charge is 2.27. The zero-order chi connectivity index (χ0) is 20.1. The number of aromatic amines is 1. The van der Waals surface area contributed by atoms with Gasteiger partial charge in [-0.15, -0.1) is 0 Å². The number of nitrogens with one attached hydrogen (secondary N) is 1. The van der Waals surface area contributed by atoms with Crippen LogP contribution in [0.2, 0.25) is 0 Å². The van der Waals surface area contributed by atoms with Crippen LogP contribution in [0, 0.1) is 13.8 Å². The van der Waals surface area contributed by atoms with Crippen molar-refractivity contribution in [3.05, 3.63) is 52.3 Å². The summed E-state index contributed by atoms with van der Waals surface area (Å²) >= 11 is 0. The van der Waals surface area contributed by atoms with Crippen molar-refractivity contribution in [3.8, 4) is 5.75 Å². The van der Waals surface area contributed by atoms with Crippen LogP contribution in [0.4, 0.5) is 0 Å². The van der Waals surface area contributed by atoms with Gasteiger partial charge in [-0.05, 0) is 46.4 Å². The van der Waals surface area contributed by atoms with Crippen LogP contribution in [-0.4, -0.2) is 48.4 Å². The number of carbonyl (C=O) groups excluding carboxylic acids is 2. The van der Waals surface area contributed by atoms with Crippen molar-refractivity contribution in [1.82, 2.24) is 9.88 Å². The largest absolute Gasteiger partial charge is 0.496 e. The van der Waals surface area contributed by atoms with Crippen molar-refractivity contribution in [2.24, 2.45) is 0 Å². The number of ketones is 1. The van der Waals surface area contributed by atoms with E-state index in [9.17, 15) is 9.59 Å². The van der Waals surface area contributed by atoms with Gasteiger partial charge in [-0.2, -0.15) is 0 Å². The molecule has 1 aromatic carbocycles. The van der Waals surface area contributed by atoms with E-state index < -0.39 is 5.97 Å². The molecule has 0 fully saturated rings. The third-order valence-corrected chi connectivity index (χ3v) is 4.82. The van der Waals surface area contributed by atoms with Gasteiger partial charge in [0.15, 0.2) is 5.78 Å². The number of likely N-dealkylation sites (N-methyl/N-ethyl adjacent to an activating group) is 1. The van der Waals surface area contributed by atoms with Gasteiger partial charge in [-0.1, -0.05) is 18.2 Å². The molecule has 2 rings (SSSR count). The number of hydrogen-bond donors (Lipinski definition) is 1. The van der Waals surface area contributed by atoms with Crippen molar-refractivity contribution in [2.75, 3.05) is 20.8 Å². The number of hydrogen-bond acceptors (Lipinski definition) is 5. The molecule has 0 aliphatic carbocycles. The second-order valence-electron chi connectivity index (χ2n) is 6.61. The molecule has 1 atom stereocenters. The fourth-order valence-corrected chi connectivity index (χ4v) is 3.15. The summed E-state index contributed by atoms with van der Waals surface area (Å²) < 4.78 is 10.5. The van der Waals surface area contributed by atoms with E-state index in [1.165, 1.54) is 0 Å². The first-order valence-corrected chi connectivity index (χ1v) is 9.04. The lowest BCUT2D eigenvalue weighted by Crippen LogP contribution is -2.36. The predicted octanol–water partition coefficient (Wildman–Crippen LogP) is 3.52. The minimum absolute atomic E-state index is 0.0662. The number of benzene rings is 1. The molecule has 0 aliphatic rings. The molecule has 146 valence electrons. The maximum atomic E-state index is 13.0. The third-order valence-electron chi connectivity index (χ3n) is 4.82. The van der Waals surface area contributed by atoms with E-state index in [1.807, 2.05) is 43.1 Å². The molecule has 0 amide bonds. The predicted molar refractivity (Wildman–Crippen MR) is 104 cm³/mol. The standard InChI is InChI=1S/C21H28N2O4/c1-7-27-21(25)18-13(2)19(22-14(18)3)20(24)15(4)23(5)12-16-10-8-9-11-17(16)26-6/h8-11,15,22H,7,12H2,1-6H3. The third kappa shape index (κ3) is 4.39. The highest BCUT2D eigenvalue weighted by Crippen LogP contribution is 2.23. The molecule has 0 aliphatic heterocycles. The molecule has 0 saturated carbocycles. The van der Waals surface area contributed by atoms with Crippen LogP contribution in [0.15, 0.2) is 24.3 Å². The van der Waals surface area contributed by atoms with Gasteiger partial charge in [0.2, 0.25) is 0 Å². The molecule has 1 aromatic heterocycles. The van der Waals surface area contributed by atoms with Gasteiger partial charge in [-0.25, -0.2) is 4.79 Å². The van der Waals surface area contributed by atoms with Crippen LogP contribution < -0.4 is 4.74 Å². The molecular formula is C21H28N2O4. The first-order valence-electron chi connectivity index (χ1n) is 9.04. The number of carbonyl (C=O) groups is 2. The second-order valence-corrected chi connectivity index (χ2v) is 6.61. The number of nitrogens with zero attached hydrogens (tertiary/aromatic N) is 1. The van der Waals surface area contributed by atoms with Gasteiger partial charge in [0, 0.05) is 17.8 Å². The van der Waals surface area contributed by atoms with Crippen LogP contribution >= 0.6 is 0 Å². The number of methoxy groups -OCH3 is 1. The molecule has 6 nitrogen and oxygen atoms in total. The van der Waals surface area contributed by atoms with E-state index in [0.29, 0.717) is 35.7 Å². The van der Waals surface area contributed by atoms with Crippen LogP contribution in [0.5, 0.6) is 5.75 Å². The summed E-state index contributed by atoms with van der Waals surface area (Å²) in [5, 5.41) is 0. The first kappa shape index (κ1) is 20.7. The first-order chi connectivity index (χ1) is 12.8. The summed E-state index contributed by atoms with van der Waals surface area (Å²) in [6, 6.07) is 7.37. The van der Waals surface area contributed by atoms with E-state index in [2.05, 4.69) is 4.98 Å². The molecule has 27 heavy (non-hydrogen) atoms. The average molecular weight is 372 g/mol. The summed E-state index contributed by atoms with van der Waals surface area (Å²) in [5.41, 5.74) is 3.19. The van der Waals surface area contributed by atoms with Crippen LogP contribution in [0.1, 0.15) is 51.5 Å². The van der Waals surface area contributed by atoms with E-state index in [4.69, 9.17) is 9.47 Å². The Morgan fingerprint density at radius 3 is 2.52 bits per heavy atom. The minimum atomic E-state index is -0.405. The fraction of sp³-hybridized carbons (Fsp3) is 0.429. The maximum absolute atomic E-state index is 13.0. The van der Waals surface area contributed by atoms with Gasteiger partial charge in [0.1, 0.15) is 5.75 Å². The number of rotatable bonds is 8. The normalized spacial score (nSPS) is 12.1. The van der Waals surface area contributed by atoms with Crippen molar-refractivity contribution in [2.45, 2.75) is 40.3 Å². The topological polar surface area (TPSA) is 71.6 Å². The van der Waals surface area contributed by atoms with Crippen molar-refractivity contribution in [3.63, 3.8) is 0 Å². The average Bonchev–Trinajstić information content (AvgIpc) is 2.95. The maximum Gasteiger partial charge on any atom is 0.340 e. The quantitative estimate of drug-likeness (QED) is 0.567. The van der Waals surface area contributed by atoms with Gasteiger partial charge in [0.25, 0.3) is 0 Å². The lowest BCUT2D eigenvalue weighted by molar-refractivity contribution is 0.0525. The second kappa shape index (κ2) is 8.86. The molecule has 0 saturated heterocycles. The zero-order valence-corrected chi connectivity index (χ0v) is 16.9. The Bertz CT molecular complexity index is 826.